The zero-order chi connectivity index (χ0) is 12.0. The maximum absolute atomic E-state index is 11.4. The SMILES string of the molecule is [B][C@@H]1O[C@H](CO)C2OP(=O)(O)O[C@]21C=C=C. The van der Waals surface area contributed by atoms with E-state index in [0.29, 0.717) is 0 Å². The van der Waals surface area contributed by atoms with Crippen molar-refractivity contribution in [3.05, 3.63) is 18.4 Å². The number of hydrogen-bond donors (Lipinski definition) is 2. The molecule has 2 saturated heterocycles. The van der Waals surface area contributed by atoms with Gasteiger partial charge in [-0.2, -0.15) is 0 Å². The molecule has 2 aliphatic heterocycles. The molecule has 6 nitrogen and oxygen atoms in total. The molecule has 0 aromatic rings. The molecule has 0 saturated carbocycles. The highest BCUT2D eigenvalue weighted by Crippen LogP contribution is 2.61. The summed E-state index contributed by atoms with van der Waals surface area (Å²) in [5.74, 6) is 0. The molecular weight excluding hydrogens is 234 g/mol. The zero-order valence-electron chi connectivity index (χ0n) is 8.28. The lowest BCUT2D eigenvalue weighted by atomic mass is 9.80. The summed E-state index contributed by atoms with van der Waals surface area (Å²) in [4.78, 5) is 9.27. The standard InChI is InChI=1S/C8H10BO6P/c1-2-3-8-6(14-16(11,12)15-8)5(4-10)13-7(8)9/h3,5-7,10H,1,4H2,(H,11,12)/t5-,6?,7-,8-/m1/s1. The van der Waals surface area contributed by atoms with Crippen LogP contribution >= 0.6 is 7.82 Å². The predicted molar refractivity (Wildman–Crippen MR) is 53.7 cm³/mol. The van der Waals surface area contributed by atoms with E-state index in [2.05, 4.69) is 12.3 Å². The van der Waals surface area contributed by atoms with Crippen molar-refractivity contribution in [3.63, 3.8) is 0 Å². The molecule has 2 radical (unpaired) electrons. The number of ether oxygens (including phenoxy) is 1. The molecule has 2 rings (SSSR count). The lowest BCUT2D eigenvalue weighted by Crippen LogP contribution is -2.44. The molecule has 86 valence electrons. The molecule has 2 fully saturated rings. The summed E-state index contributed by atoms with van der Waals surface area (Å²) in [6.07, 6.45) is -0.478. The fraction of sp³-hybridized carbons (Fsp3) is 0.625. The Bertz CT molecular complexity index is 394. The number of rotatable bonds is 2. The molecule has 5 atom stereocenters. The van der Waals surface area contributed by atoms with Crippen molar-refractivity contribution in [1.82, 2.24) is 0 Å². The lowest BCUT2D eigenvalue weighted by Gasteiger charge is -2.23. The highest BCUT2D eigenvalue weighted by Gasteiger charge is 2.64. The third kappa shape index (κ3) is 1.62. The molecule has 0 aromatic carbocycles. The van der Waals surface area contributed by atoms with Crippen LogP contribution < -0.4 is 0 Å². The smallest absolute Gasteiger partial charge is 0.394 e. The minimum atomic E-state index is -4.17. The Morgan fingerprint density at radius 3 is 2.94 bits per heavy atom. The largest absolute Gasteiger partial charge is 0.473 e. The van der Waals surface area contributed by atoms with Crippen LogP contribution in [0.15, 0.2) is 18.4 Å². The van der Waals surface area contributed by atoms with Crippen molar-refractivity contribution in [2.24, 2.45) is 0 Å². The van der Waals surface area contributed by atoms with Crippen molar-refractivity contribution in [3.8, 4) is 0 Å². The van der Waals surface area contributed by atoms with Crippen LogP contribution in [0.3, 0.4) is 0 Å². The van der Waals surface area contributed by atoms with Gasteiger partial charge in [0, 0.05) is 0 Å². The third-order valence-corrected chi connectivity index (χ3v) is 3.62. The fourth-order valence-electron chi connectivity index (χ4n) is 1.93. The molecule has 0 aliphatic carbocycles. The van der Waals surface area contributed by atoms with E-state index < -0.39 is 38.2 Å². The fourth-order valence-corrected chi connectivity index (χ4v) is 3.22. The molecule has 0 aromatic heterocycles. The van der Waals surface area contributed by atoms with Gasteiger partial charge in [0.15, 0.2) is 5.60 Å². The van der Waals surface area contributed by atoms with Gasteiger partial charge in [-0.25, -0.2) is 4.57 Å². The summed E-state index contributed by atoms with van der Waals surface area (Å²) in [6.45, 7) is 2.96. The molecule has 16 heavy (non-hydrogen) atoms. The Labute approximate surface area is 93.5 Å². The summed E-state index contributed by atoms with van der Waals surface area (Å²) < 4.78 is 26.3. The van der Waals surface area contributed by atoms with Gasteiger partial charge in [-0.15, -0.1) is 5.73 Å². The lowest BCUT2D eigenvalue weighted by molar-refractivity contribution is -0.00511. The highest BCUT2D eigenvalue weighted by molar-refractivity contribution is 7.47. The van der Waals surface area contributed by atoms with Crippen LogP contribution in [0, 0.1) is 0 Å². The normalized spacial score (nSPS) is 51.0. The van der Waals surface area contributed by atoms with Crippen molar-refractivity contribution in [1.29, 1.82) is 0 Å². The molecule has 2 aliphatic rings. The highest BCUT2D eigenvalue weighted by atomic mass is 31.2. The van der Waals surface area contributed by atoms with Crippen LogP contribution in [-0.2, 0) is 18.3 Å². The van der Waals surface area contributed by atoms with E-state index in [4.69, 9.17) is 26.7 Å². The monoisotopic (exact) mass is 244 g/mol. The van der Waals surface area contributed by atoms with Gasteiger partial charge in [-0.3, -0.25) is 9.05 Å². The predicted octanol–water partition coefficient (Wildman–Crippen LogP) is -0.532. The maximum atomic E-state index is 11.4. The molecule has 0 spiro atoms. The molecule has 2 N–H and O–H groups in total. The van der Waals surface area contributed by atoms with Gasteiger partial charge in [0.2, 0.25) is 0 Å². The Balaban J connectivity index is 2.43. The Kier molecular flexibility index (Phi) is 2.89. The number of hydrogen-bond acceptors (Lipinski definition) is 5. The number of phosphoric acid groups is 1. The van der Waals surface area contributed by atoms with Crippen molar-refractivity contribution < 1.29 is 28.3 Å². The summed E-state index contributed by atoms with van der Waals surface area (Å²) in [5, 5.41) is 9.05. The first-order valence-electron chi connectivity index (χ1n) is 4.56. The summed E-state index contributed by atoms with van der Waals surface area (Å²) in [5.41, 5.74) is 1.01. The van der Waals surface area contributed by atoms with Crippen molar-refractivity contribution >= 4 is 15.7 Å². The van der Waals surface area contributed by atoms with Crippen molar-refractivity contribution in [2.45, 2.75) is 23.8 Å². The Morgan fingerprint density at radius 2 is 2.38 bits per heavy atom. The van der Waals surface area contributed by atoms with Gasteiger partial charge < -0.3 is 14.7 Å². The molecule has 0 amide bonds. The number of aliphatic hydroxyl groups excluding tert-OH is 1. The molecule has 8 heteroatoms. The summed E-state index contributed by atoms with van der Waals surface area (Å²) in [6, 6.07) is -1.02. The van der Waals surface area contributed by atoms with Gasteiger partial charge in [0.1, 0.15) is 20.1 Å². The van der Waals surface area contributed by atoms with Gasteiger partial charge in [0.05, 0.1) is 12.6 Å². The van der Waals surface area contributed by atoms with Crippen LogP contribution in [0.25, 0.3) is 0 Å². The van der Waals surface area contributed by atoms with E-state index in [-0.39, 0.29) is 0 Å². The van der Waals surface area contributed by atoms with Crippen LogP contribution in [0.2, 0.25) is 0 Å². The van der Waals surface area contributed by atoms with Gasteiger partial charge >= 0.3 is 7.82 Å². The van der Waals surface area contributed by atoms with Crippen LogP contribution in [0.1, 0.15) is 0 Å². The summed E-state index contributed by atoms with van der Waals surface area (Å²) >= 11 is 0. The average Bonchev–Trinajstić information content (AvgIpc) is 2.58. The zero-order valence-corrected chi connectivity index (χ0v) is 9.17. The van der Waals surface area contributed by atoms with Gasteiger partial charge in [-0.05, 0) is 6.08 Å². The van der Waals surface area contributed by atoms with Gasteiger partial charge in [0.25, 0.3) is 0 Å². The second-order valence-electron chi connectivity index (χ2n) is 3.57. The van der Waals surface area contributed by atoms with E-state index in [1.807, 2.05) is 0 Å². The molecular formula is C8H10BO6P. The summed E-state index contributed by atoms with van der Waals surface area (Å²) in [7, 11) is 1.48. The molecule has 2 unspecified atom stereocenters. The maximum Gasteiger partial charge on any atom is 0.473 e. The number of fused-ring (bicyclic) bond motifs is 1. The first-order chi connectivity index (χ1) is 7.45. The quantitative estimate of drug-likeness (QED) is 0.385. The topological polar surface area (TPSA) is 85.2 Å². The van der Waals surface area contributed by atoms with E-state index >= 15 is 0 Å². The van der Waals surface area contributed by atoms with Crippen molar-refractivity contribution in [2.75, 3.05) is 6.61 Å². The van der Waals surface area contributed by atoms with E-state index in [9.17, 15) is 9.46 Å². The van der Waals surface area contributed by atoms with E-state index in [1.165, 1.54) is 6.08 Å². The second-order valence-corrected chi connectivity index (χ2v) is 4.90. The Morgan fingerprint density at radius 1 is 1.69 bits per heavy atom. The van der Waals surface area contributed by atoms with Crippen LogP contribution in [-0.4, -0.2) is 48.3 Å². The average molecular weight is 244 g/mol. The minimum absolute atomic E-state index is 0.394. The van der Waals surface area contributed by atoms with E-state index in [1.54, 1.807) is 0 Å². The first kappa shape index (κ1) is 12.1. The molecule has 0 bridgehead atoms. The van der Waals surface area contributed by atoms with Crippen LogP contribution in [0.4, 0.5) is 0 Å². The Hall–Kier alpha value is -0.385. The number of phosphoric ester groups is 1. The third-order valence-electron chi connectivity index (χ3n) is 2.58. The first-order valence-corrected chi connectivity index (χ1v) is 6.05. The van der Waals surface area contributed by atoms with Gasteiger partial charge in [-0.1, -0.05) is 6.58 Å². The molecule has 2 heterocycles. The minimum Gasteiger partial charge on any atom is -0.394 e. The van der Waals surface area contributed by atoms with Crippen LogP contribution in [0.5, 0.6) is 0 Å². The number of aliphatic hydroxyl groups is 1. The van der Waals surface area contributed by atoms with E-state index in [0.717, 1.165) is 0 Å². The second kappa shape index (κ2) is 3.82.